The number of hydrogen-bond acceptors (Lipinski definition) is 9. The first-order valence-corrected chi connectivity index (χ1v) is 8.33. The maximum Gasteiger partial charge on any atom is 0.187 e. The largest absolute Gasteiger partial charge is 0.388 e. The van der Waals surface area contributed by atoms with E-state index in [0.29, 0.717) is 0 Å². The molecule has 0 saturated carbocycles. The van der Waals surface area contributed by atoms with Gasteiger partial charge in [-0.2, -0.15) is 0 Å². The van der Waals surface area contributed by atoms with Crippen molar-refractivity contribution in [1.29, 1.82) is 0 Å². The summed E-state index contributed by atoms with van der Waals surface area (Å²) in [6, 6.07) is 0. The number of methoxy groups -OCH3 is 4. The van der Waals surface area contributed by atoms with Gasteiger partial charge in [0.25, 0.3) is 0 Å². The van der Waals surface area contributed by atoms with E-state index in [2.05, 4.69) is 0 Å². The molecule has 0 radical (unpaired) electrons. The summed E-state index contributed by atoms with van der Waals surface area (Å²) in [5, 5.41) is 20.5. The van der Waals surface area contributed by atoms with Crippen molar-refractivity contribution in [3.63, 3.8) is 0 Å². The number of ether oxygens (including phenoxy) is 7. The zero-order valence-corrected chi connectivity index (χ0v) is 15.5. The van der Waals surface area contributed by atoms with Crippen molar-refractivity contribution in [3.8, 4) is 0 Å². The first-order valence-electron chi connectivity index (χ1n) is 8.33. The van der Waals surface area contributed by atoms with Crippen molar-refractivity contribution in [2.75, 3.05) is 28.4 Å². The van der Waals surface area contributed by atoms with E-state index in [0.717, 1.165) is 0 Å². The molecule has 0 bridgehead atoms. The first kappa shape index (κ1) is 20.9. The van der Waals surface area contributed by atoms with Gasteiger partial charge in [-0.05, 0) is 13.8 Å². The minimum atomic E-state index is -1.23. The molecule has 148 valence electrons. The predicted molar refractivity (Wildman–Crippen MR) is 85.0 cm³/mol. The molecule has 9 nitrogen and oxygen atoms in total. The average molecular weight is 366 g/mol. The lowest BCUT2D eigenvalue weighted by Gasteiger charge is -2.47. The van der Waals surface area contributed by atoms with Crippen LogP contribution in [0.25, 0.3) is 0 Å². The molecule has 9 heteroatoms. The van der Waals surface area contributed by atoms with E-state index in [1.165, 1.54) is 21.3 Å². The van der Waals surface area contributed by atoms with Gasteiger partial charge in [0.1, 0.15) is 36.6 Å². The van der Waals surface area contributed by atoms with Crippen LogP contribution >= 0.6 is 0 Å². The molecule has 2 rings (SSSR count). The average Bonchev–Trinajstić information content (AvgIpc) is 2.59. The molecule has 2 aliphatic rings. The summed E-state index contributed by atoms with van der Waals surface area (Å²) in [4.78, 5) is 0. The summed E-state index contributed by atoms with van der Waals surface area (Å²) in [5.74, 6) is 0. The lowest BCUT2D eigenvalue weighted by Crippen LogP contribution is -2.64. The molecular weight excluding hydrogens is 336 g/mol. The van der Waals surface area contributed by atoms with Crippen LogP contribution in [0.15, 0.2) is 0 Å². The number of rotatable bonds is 6. The standard InChI is InChI=1S/C16H30O9/c1-7-9(17)11(20-4)14(22-6)16(24-7)25-13-12(21-5)10(19-3)8(2)23-15(13)18/h7-18H,1-6H3/t7-,8-,9-,10-,11+,12+,13+,14+,15+,16-/m0/s1. The molecule has 2 N–H and O–H groups in total. The van der Waals surface area contributed by atoms with Gasteiger partial charge in [0.05, 0.1) is 12.2 Å². The topological polar surface area (TPSA) is 105 Å². The van der Waals surface area contributed by atoms with E-state index in [4.69, 9.17) is 33.2 Å². The highest BCUT2D eigenvalue weighted by molar-refractivity contribution is 4.94. The van der Waals surface area contributed by atoms with Gasteiger partial charge < -0.3 is 43.4 Å². The van der Waals surface area contributed by atoms with Gasteiger partial charge in [-0.25, -0.2) is 0 Å². The smallest absolute Gasteiger partial charge is 0.187 e. The van der Waals surface area contributed by atoms with Crippen molar-refractivity contribution >= 4 is 0 Å². The third kappa shape index (κ3) is 4.15. The Morgan fingerprint density at radius 2 is 1.20 bits per heavy atom. The molecule has 0 aromatic carbocycles. The molecule has 25 heavy (non-hydrogen) atoms. The second kappa shape index (κ2) is 9.03. The minimum Gasteiger partial charge on any atom is -0.388 e. The summed E-state index contributed by atoms with van der Waals surface area (Å²) in [6.45, 7) is 3.49. The molecule has 0 unspecified atom stereocenters. The van der Waals surface area contributed by atoms with E-state index in [1.54, 1.807) is 21.0 Å². The van der Waals surface area contributed by atoms with Gasteiger partial charge in [-0.1, -0.05) is 0 Å². The summed E-state index contributed by atoms with van der Waals surface area (Å²) >= 11 is 0. The Balaban J connectivity index is 2.19. The summed E-state index contributed by atoms with van der Waals surface area (Å²) < 4.78 is 38.9. The Morgan fingerprint density at radius 3 is 1.72 bits per heavy atom. The van der Waals surface area contributed by atoms with E-state index in [1.807, 2.05) is 0 Å². The molecule has 10 atom stereocenters. The monoisotopic (exact) mass is 366 g/mol. The van der Waals surface area contributed by atoms with Gasteiger partial charge in [-0.15, -0.1) is 0 Å². The van der Waals surface area contributed by atoms with E-state index in [-0.39, 0.29) is 6.10 Å². The summed E-state index contributed by atoms with van der Waals surface area (Å²) in [6.07, 6.45) is -7.10. The SMILES string of the molecule is CO[C@@H]1[C@@H](OC)[C@H](C)O[C@@H](O)[C@@H]1O[C@@H]1O[C@@H](C)[C@H](O)[C@@H](OC)[C@H]1OC. The maximum absolute atomic E-state index is 10.3. The molecule has 0 aromatic rings. The molecule has 0 aromatic heterocycles. The molecule has 0 spiro atoms. The van der Waals surface area contributed by atoms with Crippen molar-refractivity contribution in [2.45, 2.75) is 75.3 Å². The molecule has 2 aliphatic heterocycles. The van der Waals surface area contributed by atoms with Crippen LogP contribution in [0.5, 0.6) is 0 Å². The fourth-order valence-electron chi connectivity index (χ4n) is 3.50. The zero-order chi connectivity index (χ0) is 18.7. The second-order valence-electron chi connectivity index (χ2n) is 6.33. The molecule has 0 aliphatic carbocycles. The van der Waals surface area contributed by atoms with Crippen LogP contribution in [0, 0.1) is 0 Å². The van der Waals surface area contributed by atoms with E-state index >= 15 is 0 Å². The molecule has 0 amide bonds. The lowest BCUT2D eigenvalue weighted by molar-refractivity contribution is -0.362. The minimum absolute atomic E-state index is 0.372. The van der Waals surface area contributed by atoms with Crippen LogP contribution < -0.4 is 0 Å². The Labute approximate surface area is 148 Å². The molecule has 2 saturated heterocycles. The maximum atomic E-state index is 10.3. The van der Waals surface area contributed by atoms with Crippen LogP contribution in [0.2, 0.25) is 0 Å². The normalized spacial score (nSPS) is 48.5. The van der Waals surface area contributed by atoms with Crippen LogP contribution in [0.4, 0.5) is 0 Å². The van der Waals surface area contributed by atoms with Crippen LogP contribution in [-0.4, -0.2) is 100 Å². The van der Waals surface area contributed by atoms with Gasteiger partial charge in [0.15, 0.2) is 12.6 Å². The fourth-order valence-corrected chi connectivity index (χ4v) is 3.50. The Kier molecular flexibility index (Phi) is 7.56. The van der Waals surface area contributed by atoms with Gasteiger partial charge in [-0.3, -0.25) is 0 Å². The number of aliphatic hydroxyl groups excluding tert-OH is 2. The third-order valence-corrected chi connectivity index (χ3v) is 4.88. The quantitative estimate of drug-likeness (QED) is 0.630. The fraction of sp³-hybridized carbons (Fsp3) is 1.00. The van der Waals surface area contributed by atoms with Crippen LogP contribution in [-0.2, 0) is 33.2 Å². The summed E-state index contributed by atoms with van der Waals surface area (Å²) in [7, 11) is 6.01. The van der Waals surface area contributed by atoms with Crippen LogP contribution in [0.3, 0.4) is 0 Å². The highest BCUT2D eigenvalue weighted by Crippen LogP contribution is 2.31. The van der Waals surface area contributed by atoms with Gasteiger partial charge in [0, 0.05) is 28.4 Å². The van der Waals surface area contributed by atoms with Crippen molar-refractivity contribution in [1.82, 2.24) is 0 Å². The van der Waals surface area contributed by atoms with E-state index < -0.39 is 55.3 Å². The highest BCUT2D eigenvalue weighted by atomic mass is 16.7. The Morgan fingerprint density at radius 1 is 0.640 bits per heavy atom. The first-order chi connectivity index (χ1) is 11.9. The van der Waals surface area contributed by atoms with Crippen LogP contribution in [0.1, 0.15) is 13.8 Å². The van der Waals surface area contributed by atoms with Gasteiger partial charge >= 0.3 is 0 Å². The number of aliphatic hydroxyl groups is 2. The van der Waals surface area contributed by atoms with E-state index in [9.17, 15) is 10.2 Å². The molecule has 2 heterocycles. The predicted octanol–water partition coefficient (Wildman–Crippen LogP) is -0.726. The highest BCUT2D eigenvalue weighted by Gasteiger charge is 2.50. The third-order valence-electron chi connectivity index (χ3n) is 4.88. The number of hydrogen-bond donors (Lipinski definition) is 2. The lowest BCUT2D eigenvalue weighted by atomic mass is 9.97. The molecular formula is C16H30O9. The van der Waals surface area contributed by atoms with Crippen molar-refractivity contribution in [3.05, 3.63) is 0 Å². The Hall–Kier alpha value is -0.360. The molecule has 2 fully saturated rings. The second-order valence-corrected chi connectivity index (χ2v) is 6.33. The zero-order valence-electron chi connectivity index (χ0n) is 15.5. The van der Waals surface area contributed by atoms with Crippen molar-refractivity contribution < 1.29 is 43.4 Å². The van der Waals surface area contributed by atoms with Crippen molar-refractivity contribution in [2.24, 2.45) is 0 Å². The van der Waals surface area contributed by atoms with Gasteiger partial charge in [0.2, 0.25) is 0 Å². The summed E-state index contributed by atoms with van der Waals surface area (Å²) in [5.41, 5.74) is 0. The Bertz CT molecular complexity index is 409.